The van der Waals surface area contributed by atoms with Gasteiger partial charge in [0, 0.05) is 10.9 Å². The van der Waals surface area contributed by atoms with Crippen LogP contribution in [0.3, 0.4) is 0 Å². The summed E-state index contributed by atoms with van der Waals surface area (Å²) in [5.41, 5.74) is 1.21. The normalized spacial score (nSPS) is 11.6. The predicted molar refractivity (Wildman–Crippen MR) is 92.6 cm³/mol. The van der Waals surface area contributed by atoms with E-state index in [4.69, 9.17) is 16.3 Å². The highest BCUT2D eigenvalue weighted by molar-refractivity contribution is 9.10. The summed E-state index contributed by atoms with van der Waals surface area (Å²) in [7, 11) is 1.29. The van der Waals surface area contributed by atoms with Crippen molar-refractivity contribution < 1.29 is 14.3 Å². The Morgan fingerprint density at radius 3 is 2.57 bits per heavy atom. The number of rotatable bonds is 5. The Balaban J connectivity index is 2.18. The smallest absolute Gasteiger partial charge is 0.328 e. The monoisotopic (exact) mass is 395 g/mol. The number of nitrogens with one attached hydrogen (secondary N) is 1. The Morgan fingerprint density at radius 2 is 1.91 bits per heavy atom. The van der Waals surface area contributed by atoms with Crippen LogP contribution in [0, 0.1) is 0 Å². The summed E-state index contributed by atoms with van der Waals surface area (Å²) in [5, 5.41) is 3.00. The predicted octanol–water partition coefficient (Wildman–Crippen LogP) is 3.62. The second-order valence-corrected chi connectivity index (χ2v) is 6.19. The van der Waals surface area contributed by atoms with E-state index in [-0.39, 0.29) is 0 Å². The van der Waals surface area contributed by atoms with Gasteiger partial charge in [0.05, 0.1) is 17.7 Å². The Kier molecular flexibility index (Phi) is 6.19. The summed E-state index contributed by atoms with van der Waals surface area (Å²) in [4.78, 5) is 24.4. The second kappa shape index (κ2) is 8.13. The van der Waals surface area contributed by atoms with Crippen LogP contribution in [0.25, 0.3) is 0 Å². The highest BCUT2D eigenvalue weighted by Gasteiger charge is 2.23. The molecule has 0 fully saturated rings. The van der Waals surface area contributed by atoms with Crippen LogP contribution in [0.15, 0.2) is 53.0 Å². The van der Waals surface area contributed by atoms with Crippen LogP contribution >= 0.6 is 27.5 Å². The third-order valence-corrected chi connectivity index (χ3v) is 4.07. The number of amides is 1. The molecule has 1 atom stereocenters. The molecule has 2 rings (SSSR count). The van der Waals surface area contributed by atoms with Gasteiger partial charge >= 0.3 is 5.97 Å². The molecule has 0 aliphatic carbocycles. The van der Waals surface area contributed by atoms with Crippen LogP contribution in [0.1, 0.15) is 15.9 Å². The molecule has 0 heterocycles. The number of esters is 1. The fourth-order valence-electron chi connectivity index (χ4n) is 2.09. The number of hydrogen-bond donors (Lipinski definition) is 1. The van der Waals surface area contributed by atoms with Gasteiger partial charge in [-0.25, -0.2) is 4.79 Å². The van der Waals surface area contributed by atoms with Crippen LogP contribution in [-0.4, -0.2) is 25.0 Å². The van der Waals surface area contributed by atoms with Crippen molar-refractivity contribution in [2.75, 3.05) is 7.11 Å². The lowest BCUT2D eigenvalue weighted by Crippen LogP contribution is -2.43. The average Bonchev–Trinajstić information content (AvgIpc) is 2.56. The van der Waals surface area contributed by atoms with Gasteiger partial charge in [-0.3, -0.25) is 4.79 Å². The van der Waals surface area contributed by atoms with Gasteiger partial charge in [-0.1, -0.05) is 57.9 Å². The van der Waals surface area contributed by atoms with E-state index in [2.05, 4.69) is 21.2 Å². The molecule has 0 bridgehead atoms. The number of ether oxygens (including phenoxy) is 1. The van der Waals surface area contributed by atoms with Gasteiger partial charge < -0.3 is 10.1 Å². The van der Waals surface area contributed by atoms with Gasteiger partial charge in [0.25, 0.3) is 5.91 Å². The zero-order valence-corrected chi connectivity index (χ0v) is 14.7. The topological polar surface area (TPSA) is 55.4 Å². The third kappa shape index (κ3) is 4.81. The summed E-state index contributed by atoms with van der Waals surface area (Å²) < 4.78 is 5.51. The average molecular weight is 397 g/mol. The van der Waals surface area contributed by atoms with E-state index in [9.17, 15) is 9.59 Å². The molecule has 6 heteroatoms. The number of methoxy groups -OCH3 is 1. The molecule has 0 aromatic heterocycles. The molecule has 2 aromatic carbocycles. The first-order valence-corrected chi connectivity index (χ1v) is 8.06. The van der Waals surface area contributed by atoms with Crippen molar-refractivity contribution in [1.82, 2.24) is 5.32 Å². The van der Waals surface area contributed by atoms with Gasteiger partial charge in [-0.15, -0.1) is 0 Å². The zero-order valence-electron chi connectivity index (χ0n) is 12.4. The van der Waals surface area contributed by atoms with Crippen molar-refractivity contribution in [2.45, 2.75) is 12.5 Å². The number of halogens is 2. The summed E-state index contributed by atoms with van der Waals surface area (Å²) in [6.45, 7) is 0. The molecule has 0 aliphatic heterocycles. The summed E-state index contributed by atoms with van der Waals surface area (Å²) in [6.07, 6.45) is 0.338. The van der Waals surface area contributed by atoms with Crippen LogP contribution in [0.4, 0.5) is 0 Å². The second-order valence-electron chi connectivity index (χ2n) is 4.86. The molecule has 0 aliphatic rings. The molecule has 0 saturated carbocycles. The summed E-state index contributed by atoms with van der Waals surface area (Å²) >= 11 is 9.35. The van der Waals surface area contributed by atoms with Gasteiger partial charge in [0.2, 0.25) is 0 Å². The molecule has 4 nitrogen and oxygen atoms in total. The Labute approximate surface area is 147 Å². The largest absolute Gasteiger partial charge is 0.467 e. The van der Waals surface area contributed by atoms with Crippen molar-refractivity contribution in [1.29, 1.82) is 0 Å². The highest BCUT2D eigenvalue weighted by atomic mass is 79.9. The maximum absolute atomic E-state index is 12.4. The first-order valence-electron chi connectivity index (χ1n) is 6.89. The minimum absolute atomic E-state index is 0.294. The summed E-state index contributed by atoms with van der Waals surface area (Å²) in [5.74, 6) is -0.934. The standard InChI is InChI=1S/C17H15BrClNO3/c1-23-17(22)15(9-11-5-3-2-4-6-11)20-16(21)13-10-12(18)7-8-14(13)19/h2-8,10,15H,9H2,1H3,(H,20,21)/t15-/m0/s1. The molecule has 23 heavy (non-hydrogen) atoms. The third-order valence-electron chi connectivity index (χ3n) is 3.25. The molecule has 0 unspecified atom stereocenters. The van der Waals surface area contributed by atoms with Crippen LogP contribution in [-0.2, 0) is 16.0 Å². The van der Waals surface area contributed by atoms with Gasteiger partial charge in [-0.05, 0) is 23.8 Å². The molecular weight excluding hydrogens is 382 g/mol. The van der Waals surface area contributed by atoms with Gasteiger partial charge in [0.15, 0.2) is 0 Å². The molecule has 0 saturated heterocycles. The zero-order chi connectivity index (χ0) is 16.8. The van der Waals surface area contributed by atoms with Crippen molar-refractivity contribution in [2.24, 2.45) is 0 Å². The minimum atomic E-state index is -0.787. The molecular formula is C17H15BrClNO3. The van der Waals surface area contributed by atoms with Crippen molar-refractivity contribution >= 4 is 39.4 Å². The molecule has 1 amide bonds. The van der Waals surface area contributed by atoms with E-state index < -0.39 is 17.9 Å². The van der Waals surface area contributed by atoms with Crippen LogP contribution < -0.4 is 5.32 Å². The van der Waals surface area contributed by atoms with E-state index >= 15 is 0 Å². The van der Waals surface area contributed by atoms with Crippen molar-refractivity contribution in [3.8, 4) is 0 Å². The molecule has 0 spiro atoms. The molecule has 0 radical (unpaired) electrons. The maximum atomic E-state index is 12.4. The van der Waals surface area contributed by atoms with E-state index in [1.54, 1.807) is 18.2 Å². The molecule has 1 N–H and O–H groups in total. The quantitative estimate of drug-likeness (QED) is 0.786. The lowest BCUT2D eigenvalue weighted by atomic mass is 10.1. The summed E-state index contributed by atoms with van der Waals surface area (Å²) in [6, 6.07) is 13.6. The van der Waals surface area contributed by atoms with Crippen molar-refractivity contribution in [3.05, 3.63) is 69.2 Å². The van der Waals surface area contributed by atoms with E-state index in [0.717, 1.165) is 10.0 Å². The molecule has 120 valence electrons. The first-order chi connectivity index (χ1) is 11.0. The van der Waals surface area contributed by atoms with E-state index in [1.807, 2.05) is 30.3 Å². The van der Waals surface area contributed by atoms with Crippen molar-refractivity contribution in [3.63, 3.8) is 0 Å². The fourth-order valence-corrected chi connectivity index (χ4v) is 2.66. The Bertz CT molecular complexity index is 706. The van der Waals surface area contributed by atoms with Crippen LogP contribution in [0.2, 0.25) is 5.02 Å². The highest BCUT2D eigenvalue weighted by Crippen LogP contribution is 2.21. The fraction of sp³-hybridized carbons (Fsp3) is 0.176. The first kappa shape index (κ1) is 17.5. The SMILES string of the molecule is COC(=O)[C@H](Cc1ccccc1)NC(=O)c1cc(Br)ccc1Cl. The lowest BCUT2D eigenvalue weighted by Gasteiger charge is -2.17. The van der Waals surface area contributed by atoms with E-state index in [0.29, 0.717) is 17.0 Å². The van der Waals surface area contributed by atoms with Gasteiger partial charge in [-0.2, -0.15) is 0 Å². The Morgan fingerprint density at radius 1 is 1.22 bits per heavy atom. The molecule has 2 aromatic rings. The van der Waals surface area contributed by atoms with E-state index in [1.165, 1.54) is 7.11 Å². The number of hydrogen-bond acceptors (Lipinski definition) is 3. The van der Waals surface area contributed by atoms with Crippen LogP contribution in [0.5, 0.6) is 0 Å². The maximum Gasteiger partial charge on any atom is 0.328 e. The Hall–Kier alpha value is -1.85. The number of carbonyl (C=O) groups is 2. The number of carbonyl (C=O) groups excluding carboxylic acids is 2. The lowest BCUT2D eigenvalue weighted by molar-refractivity contribution is -0.142. The number of benzene rings is 2. The minimum Gasteiger partial charge on any atom is -0.467 e. The van der Waals surface area contributed by atoms with Gasteiger partial charge in [0.1, 0.15) is 6.04 Å².